The van der Waals surface area contributed by atoms with Crippen LogP contribution in [0.2, 0.25) is 0 Å². The minimum Gasteiger partial charge on any atom is -0.361 e. The fraction of sp³-hybridized carbons (Fsp3) is 0.333. The molecule has 7 nitrogen and oxygen atoms in total. The first kappa shape index (κ1) is 16.9. The van der Waals surface area contributed by atoms with E-state index >= 15 is 0 Å². The van der Waals surface area contributed by atoms with Gasteiger partial charge in [0.05, 0.1) is 35.9 Å². The van der Waals surface area contributed by atoms with Crippen molar-refractivity contribution in [3.63, 3.8) is 0 Å². The molecule has 4 heterocycles. The van der Waals surface area contributed by atoms with Crippen molar-refractivity contribution in [2.45, 2.75) is 25.8 Å². The van der Waals surface area contributed by atoms with Gasteiger partial charge in [-0.3, -0.25) is 4.98 Å². The number of aryl methyl sites for hydroxylation is 1. The van der Waals surface area contributed by atoms with Gasteiger partial charge in [0.25, 0.3) is 0 Å². The van der Waals surface area contributed by atoms with Crippen LogP contribution in [0.5, 0.6) is 0 Å². The van der Waals surface area contributed by atoms with Gasteiger partial charge < -0.3 is 14.0 Å². The molecule has 7 heteroatoms. The highest BCUT2D eigenvalue weighted by Crippen LogP contribution is 2.33. The van der Waals surface area contributed by atoms with Crippen molar-refractivity contribution >= 4 is 27.6 Å². The topological polar surface area (TPSA) is 64.3 Å². The lowest BCUT2D eigenvalue weighted by Crippen LogP contribution is -2.18. The first-order valence-corrected chi connectivity index (χ1v) is 9.40. The largest absolute Gasteiger partial charge is 0.361 e. The summed E-state index contributed by atoms with van der Waals surface area (Å²) in [5, 5.41) is 4.99. The minimum atomic E-state index is 0.330. The molecule has 1 aliphatic rings. The molecule has 0 aliphatic carbocycles. The predicted molar refractivity (Wildman–Crippen MR) is 106 cm³/mol. The van der Waals surface area contributed by atoms with E-state index in [2.05, 4.69) is 31.5 Å². The molecule has 5 rings (SSSR count). The SMILES string of the molecule is [C-]#[N+]c1ccc2ncc3nc(Cc4cc(C)no4)n([C@@H]4CCN(C)C4)c3c2c1. The quantitative estimate of drug-likeness (QED) is 0.510. The number of fused-ring (bicyclic) bond motifs is 3. The van der Waals surface area contributed by atoms with E-state index in [9.17, 15) is 0 Å². The third kappa shape index (κ3) is 2.74. The molecule has 0 bridgehead atoms. The van der Waals surface area contributed by atoms with Gasteiger partial charge >= 0.3 is 0 Å². The Balaban J connectivity index is 1.76. The summed E-state index contributed by atoms with van der Waals surface area (Å²) in [5.41, 5.74) is 4.28. The van der Waals surface area contributed by atoms with Crippen LogP contribution in [0.15, 0.2) is 35.0 Å². The molecule has 0 spiro atoms. The molecule has 1 aliphatic heterocycles. The van der Waals surface area contributed by atoms with Gasteiger partial charge in [-0.05, 0) is 39.1 Å². The Morgan fingerprint density at radius 2 is 2.18 bits per heavy atom. The van der Waals surface area contributed by atoms with Crippen molar-refractivity contribution < 1.29 is 4.52 Å². The van der Waals surface area contributed by atoms with Crippen LogP contribution in [0.1, 0.15) is 29.7 Å². The highest BCUT2D eigenvalue weighted by molar-refractivity contribution is 6.03. The lowest BCUT2D eigenvalue weighted by Gasteiger charge is -2.17. The fourth-order valence-corrected chi connectivity index (χ4v) is 4.18. The molecule has 1 aromatic carbocycles. The zero-order chi connectivity index (χ0) is 19.3. The number of rotatable bonds is 3. The first-order valence-electron chi connectivity index (χ1n) is 9.40. The molecule has 0 saturated carbocycles. The lowest BCUT2D eigenvalue weighted by atomic mass is 10.1. The van der Waals surface area contributed by atoms with Crippen LogP contribution in [-0.2, 0) is 6.42 Å². The second-order valence-electron chi connectivity index (χ2n) is 7.52. The number of hydrogen-bond acceptors (Lipinski definition) is 5. The van der Waals surface area contributed by atoms with Gasteiger partial charge in [-0.1, -0.05) is 11.2 Å². The van der Waals surface area contributed by atoms with Crippen LogP contribution in [-0.4, -0.2) is 44.7 Å². The molecule has 0 amide bonds. The number of imidazole rings is 1. The summed E-state index contributed by atoms with van der Waals surface area (Å²) < 4.78 is 7.80. The summed E-state index contributed by atoms with van der Waals surface area (Å²) in [4.78, 5) is 15.4. The third-order valence-electron chi connectivity index (χ3n) is 5.44. The van der Waals surface area contributed by atoms with Crippen LogP contribution < -0.4 is 0 Å². The maximum Gasteiger partial charge on any atom is 0.188 e. The van der Waals surface area contributed by atoms with Crippen LogP contribution in [0.4, 0.5) is 5.69 Å². The summed E-state index contributed by atoms with van der Waals surface area (Å²) in [6.07, 6.45) is 3.48. The van der Waals surface area contributed by atoms with Gasteiger partial charge in [-0.25, -0.2) is 9.83 Å². The Morgan fingerprint density at radius 1 is 1.29 bits per heavy atom. The number of likely N-dealkylation sites (tertiary alicyclic amines) is 1. The first-order chi connectivity index (χ1) is 13.6. The Hall–Kier alpha value is -3.24. The van der Waals surface area contributed by atoms with E-state index < -0.39 is 0 Å². The van der Waals surface area contributed by atoms with E-state index in [1.165, 1.54) is 0 Å². The maximum absolute atomic E-state index is 7.39. The zero-order valence-electron chi connectivity index (χ0n) is 15.9. The van der Waals surface area contributed by atoms with Gasteiger partial charge in [0, 0.05) is 24.0 Å². The maximum atomic E-state index is 7.39. The van der Waals surface area contributed by atoms with Crippen molar-refractivity contribution in [2.24, 2.45) is 0 Å². The second-order valence-corrected chi connectivity index (χ2v) is 7.52. The molecular weight excluding hydrogens is 352 g/mol. The van der Waals surface area contributed by atoms with E-state index in [0.717, 1.165) is 58.7 Å². The van der Waals surface area contributed by atoms with E-state index in [1.807, 2.05) is 37.4 Å². The van der Waals surface area contributed by atoms with Gasteiger partial charge in [0.1, 0.15) is 17.1 Å². The van der Waals surface area contributed by atoms with Crippen molar-refractivity contribution in [1.82, 2.24) is 24.6 Å². The van der Waals surface area contributed by atoms with Crippen LogP contribution in [0.3, 0.4) is 0 Å². The molecule has 1 atom stereocenters. The highest BCUT2D eigenvalue weighted by atomic mass is 16.5. The number of nitrogens with zero attached hydrogens (tertiary/aromatic N) is 6. The third-order valence-corrected chi connectivity index (χ3v) is 5.44. The molecular formula is C21H20N6O. The summed E-state index contributed by atoms with van der Waals surface area (Å²) >= 11 is 0. The summed E-state index contributed by atoms with van der Waals surface area (Å²) in [6, 6.07) is 7.95. The summed E-state index contributed by atoms with van der Waals surface area (Å²) in [6.45, 7) is 11.3. The number of aromatic nitrogens is 4. The predicted octanol–water partition coefficient (Wildman–Crippen LogP) is 3.90. The van der Waals surface area contributed by atoms with Crippen molar-refractivity contribution in [2.75, 3.05) is 20.1 Å². The number of likely N-dealkylation sites (N-methyl/N-ethyl adjacent to an activating group) is 1. The molecule has 140 valence electrons. The number of hydrogen-bond donors (Lipinski definition) is 0. The monoisotopic (exact) mass is 372 g/mol. The standard InChI is InChI=1S/C21H20N6O/c1-13-8-16(28-25-13)10-20-24-19-11-23-18-5-4-14(22-2)9-17(18)21(19)27(20)15-6-7-26(3)12-15/h4-5,8-9,11,15H,6-7,10,12H2,1,3H3/t15-/m1/s1. The average Bonchev–Trinajstić information content (AvgIpc) is 3.39. The summed E-state index contributed by atoms with van der Waals surface area (Å²) in [5.74, 6) is 1.76. The highest BCUT2D eigenvalue weighted by Gasteiger charge is 2.27. The smallest absolute Gasteiger partial charge is 0.188 e. The normalized spacial score (nSPS) is 17.5. The number of pyridine rings is 1. The van der Waals surface area contributed by atoms with Gasteiger partial charge in [-0.2, -0.15) is 0 Å². The molecule has 28 heavy (non-hydrogen) atoms. The van der Waals surface area contributed by atoms with Gasteiger partial charge in [0.15, 0.2) is 5.69 Å². The zero-order valence-corrected chi connectivity index (χ0v) is 15.9. The van der Waals surface area contributed by atoms with E-state index in [-0.39, 0.29) is 0 Å². The fourth-order valence-electron chi connectivity index (χ4n) is 4.18. The Bertz CT molecular complexity index is 1230. The van der Waals surface area contributed by atoms with Crippen LogP contribution in [0, 0.1) is 13.5 Å². The van der Waals surface area contributed by atoms with Crippen molar-refractivity contribution in [3.05, 3.63) is 59.2 Å². The van der Waals surface area contributed by atoms with Gasteiger partial charge in [0.2, 0.25) is 0 Å². The minimum absolute atomic E-state index is 0.330. The molecule has 3 aromatic heterocycles. The molecule has 1 saturated heterocycles. The molecule has 4 aromatic rings. The lowest BCUT2D eigenvalue weighted by molar-refractivity contribution is 0.376. The summed E-state index contributed by atoms with van der Waals surface area (Å²) in [7, 11) is 2.15. The van der Waals surface area contributed by atoms with E-state index in [1.54, 1.807) is 0 Å². The van der Waals surface area contributed by atoms with Crippen molar-refractivity contribution in [3.8, 4) is 0 Å². The van der Waals surface area contributed by atoms with Crippen molar-refractivity contribution in [1.29, 1.82) is 0 Å². The van der Waals surface area contributed by atoms with E-state index in [4.69, 9.17) is 16.1 Å². The number of benzene rings is 1. The second kappa shape index (κ2) is 6.43. The van der Waals surface area contributed by atoms with Crippen LogP contribution >= 0.6 is 0 Å². The van der Waals surface area contributed by atoms with Crippen LogP contribution in [0.25, 0.3) is 26.8 Å². The Morgan fingerprint density at radius 3 is 2.89 bits per heavy atom. The molecule has 0 radical (unpaired) electrons. The average molecular weight is 372 g/mol. The van der Waals surface area contributed by atoms with E-state index in [0.29, 0.717) is 18.2 Å². The molecule has 0 unspecified atom stereocenters. The van der Waals surface area contributed by atoms with Gasteiger partial charge in [-0.15, -0.1) is 0 Å². The Labute approximate surface area is 162 Å². The molecule has 0 N–H and O–H groups in total. The molecule has 1 fully saturated rings. The Kier molecular flexibility index (Phi) is 3.88.